The highest BCUT2D eigenvalue weighted by Crippen LogP contribution is 2.47. The van der Waals surface area contributed by atoms with E-state index in [1.54, 1.807) is 6.92 Å². The number of rotatable bonds is 3. The van der Waals surface area contributed by atoms with Crippen LogP contribution in [0.5, 0.6) is 0 Å². The number of halogens is 3. The van der Waals surface area contributed by atoms with E-state index in [0.29, 0.717) is 11.3 Å². The Labute approximate surface area is 152 Å². The fourth-order valence-electron chi connectivity index (χ4n) is 4.59. The fraction of sp³-hybridized carbons (Fsp3) is 0.650. The van der Waals surface area contributed by atoms with Crippen LogP contribution in [0.25, 0.3) is 0 Å². The SMILES string of the molecule is Cc1cc(N2CCC3(CCC(CC(=O)O)CC3)CC2)cc(C(F)(F)F)c1. The molecule has 0 radical (unpaired) electrons. The van der Waals surface area contributed by atoms with Gasteiger partial charge in [-0.25, -0.2) is 0 Å². The lowest BCUT2D eigenvalue weighted by atomic mass is 9.65. The first-order valence-corrected chi connectivity index (χ1v) is 9.33. The Morgan fingerprint density at radius 1 is 1.15 bits per heavy atom. The van der Waals surface area contributed by atoms with Gasteiger partial charge < -0.3 is 10.0 Å². The summed E-state index contributed by atoms with van der Waals surface area (Å²) in [5, 5.41) is 8.94. The molecule has 0 amide bonds. The number of carboxylic acids is 1. The number of piperidine rings is 1. The summed E-state index contributed by atoms with van der Waals surface area (Å²) in [5.74, 6) is -0.442. The van der Waals surface area contributed by atoms with Crippen LogP contribution in [-0.4, -0.2) is 24.2 Å². The Morgan fingerprint density at radius 3 is 2.31 bits per heavy atom. The van der Waals surface area contributed by atoms with Gasteiger partial charge in [0.2, 0.25) is 0 Å². The Balaban J connectivity index is 1.63. The zero-order valence-corrected chi connectivity index (χ0v) is 15.1. The zero-order valence-electron chi connectivity index (χ0n) is 15.1. The van der Waals surface area contributed by atoms with Gasteiger partial charge in [0, 0.05) is 25.2 Å². The Hall–Kier alpha value is -1.72. The minimum atomic E-state index is -4.32. The molecule has 3 rings (SSSR count). The van der Waals surface area contributed by atoms with Crippen LogP contribution in [0.4, 0.5) is 18.9 Å². The molecule has 0 unspecified atom stereocenters. The van der Waals surface area contributed by atoms with E-state index in [0.717, 1.165) is 51.6 Å². The molecule has 1 aromatic rings. The normalized spacial score (nSPS) is 21.2. The summed E-state index contributed by atoms with van der Waals surface area (Å²) in [4.78, 5) is 12.9. The van der Waals surface area contributed by atoms with Gasteiger partial charge in [-0.3, -0.25) is 4.79 Å². The van der Waals surface area contributed by atoms with Gasteiger partial charge in [0.1, 0.15) is 0 Å². The summed E-state index contributed by atoms with van der Waals surface area (Å²) in [5.41, 5.74) is 0.959. The van der Waals surface area contributed by atoms with Crippen LogP contribution in [0.2, 0.25) is 0 Å². The molecular formula is C20H26F3NO2. The smallest absolute Gasteiger partial charge is 0.416 e. The third-order valence-electron chi connectivity index (χ3n) is 6.21. The average molecular weight is 369 g/mol. The number of carboxylic acid groups (broad SMARTS) is 1. The van der Waals surface area contributed by atoms with Gasteiger partial charge in [0.05, 0.1) is 5.56 Å². The van der Waals surface area contributed by atoms with Gasteiger partial charge in [-0.2, -0.15) is 13.2 Å². The predicted molar refractivity (Wildman–Crippen MR) is 94.3 cm³/mol. The largest absolute Gasteiger partial charge is 0.481 e. The van der Waals surface area contributed by atoms with Crippen molar-refractivity contribution in [1.82, 2.24) is 0 Å². The maximum Gasteiger partial charge on any atom is 0.416 e. The molecular weight excluding hydrogens is 343 g/mol. The molecule has 1 aromatic carbocycles. The lowest BCUT2D eigenvalue weighted by molar-refractivity contribution is -0.139. The monoisotopic (exact) mass is 369 g/mol. The number of aliphatic carboxylic acids is 1. The van der Waals surface area contributed by atoms with Crippen molar-refractivity contribution < 1.29 is 23.1 Å². The van der Waals surface area contributed by atoms with Crippen molar-refractivity contribution in [3.8, 4) is 0 Å². The molecule has 1 spiro atoms. The van der Waals surface area contributed by atoms with Gasteiger partial charge in [-0.15, -0.1) is 0 Å². The van der Waals surface area contributed by atoms with Crippen molar-refractivity contribution in [2.75, 3.05) is 18.0 Å². The van der Waals surface area contributed by atoms with Crippen LogP contribution in [0.3, 0.4) is 0 Å². The number of nitrogens with zero attached hydrogens (tertiary/aromatic N) is 1. The molecule has 1 N–H and O–H groups in total. The molecule has 26 heavy (non-hydrogen) atoms. The van der Waals surface area contributed by atoms with Crippen molar-refractivity contribution in [3.05, 3.63) is 29.3 Å². The number of anilines is 1. The summed E-state index contributed by atoms with van der Waals surface area (Å²) in [7, 11) is 0. The second-order valence-electron chi connectivity index (χ2n) is 8.08. The molecule has 2 aliphatic rings. The van der Waals surface area contributed by atoms with Crippen LogP contribution in [0.1, 0.15) is 56.1 Å². The topological polar surface area (TPSA) is 40.5 Å². The predicted octanol–water partition coefficient (Wildman–Crippen LogP) is 5.27. The summed E-state index contributed by atoms with van der Waals surface area (Å²) < 4.78 is 39.2. The van der Waals surface area contributed by atoms with Crippen LogP contribution >= 0.6 is 0 Å². The second kappa shape index (κ2) is 7.12. The summed E-state index contributed by atoms with van der Waals surface area (Å²) in [6.45, 7) is 3.24. The first kappa shape index (κ1) is 19.1. The zero-order chi connectivity index (χ0) is 18.9. The van der Waals surface area contributed by atoms with E-state index in [-0.39, 0.29) is 17.8 Å². The minimum absolute atomic E-state index is 0.252. The van der Waals surface area contributed by atoms with E-state index in [4.69, 9.17) is 5.11 Å². The van der Waals surface area contributed by atoms with Crippen LogP contribution in [0, 0.1) is 18.3 Å². The standard InChI is InChI=1S/C20H26F3NO2/c1-14-10-16(20(21,22)23)13-17(11-14)24-8-6-19(7-9-24)4-2-15(3-5-19)12-18(25)26/h10-11,13,15H,2-9,12H2,1H3,(H,25,26). The van der Waals surface area contributed by atoms with Crippen molar-refractivity contribution >= 4 is 11.7 Å². The van der Waals surface area contributed by atoms with Crippen LogP contribution in [0.15, 0.2) is 18.2 Å². The van der Waals surface area contributed by atoms with Gasteiger partial charge in [-0.1, -0.05) is 0 Å². The number of hydrogen-bond acceptors (Lipinski definition) is 2. The van der Waals surface area contributed by atoms with Crippen molar-refractivity contribution in [2.24, 2.45) is 11.3 Å². The average Bonchev–Trinajstić information content (AvgIpc) is 2.56. The van der Waals surface area contributed by atoms with E-state index >= 15 is 0 Å². The maximum atomic E-state index is 13.1. The molecule has 1 heterocycles. The number of hydrogen-bond donors (Lipinski definition) is 1. The highest BCUT2D eigenvalue weighted by atomic mass is 19.4. The Morgan fingerprint density at radius 2 is 1.77 bits per heavy atom. The quantitative estimate of drug-likeness (QED) is 0.789. The summed E-state index contributed by atoms with van der Waals surface area (Å²) in [6, 6.07) is 4.28. The molecule has 0 aromatic heterocycles. The first-order chi connectivity index (χ1) is 12.2. The summed E-state index contributed by atoms with van der Waals surface area (Å²) in [6.07, 6.45) is 1.88. The molecule has 1 saturated carbocycles. The summed E-state index contributed by atoms with van der Waals surface area (Å²) >= 11 is 0. The van der Waals surface area contributed by atoms with E-state index in [2.05, 4.69) is 4.90 Å². The number of benzene rings is 1. The second-order valence-corrected chi connectivity index (χ2v) is 8.08. The molecule has 0 bridgehead atoms. The van der Waals surface area contributed by atoms with Crippen LogP contribution < -0.4 is 4.90 Å². The Kier molecular flexibility index (Phi) is 5.22. The van der Waals surface area contributed by atoms with Gasteiger partial charge in [-0.05, 0) is 80.5 Å². The molecule has 1 aliphatic heterocycles. The number of carbonyl (C=O) groups is 1. The van der Waals surface area contributed by atoms with E-state index in [9.17, 15) is 18.0 Å². The Bertz CT molecular complexity index is 654. The number of aryl methyl sites for hydroxylation is 1. The molecule has 144 valence electrons. The molecule has 0 atom stereocenters. The molecule has 2 fully saturated rings. The molecule has 3 nitrogen and oxygen atoms in total. The third-order valence-corrected chi connectivity index (χ3v) is 6.21. The van der Waals surface area contributed by atoms with Gasteiger partial charge in [0.25, 0.3) is 0 Å². The molecule has 1 aliphatic carbocycles. The van der Waals surface area contributed by atoms with Gasteiger partial charge >= 0.3 is 12.1 Å². The van der Waals surface area contributed by atoms with Crippen molar-refractivity contribution in [3.63, 3.8) is 0 Å². The van der Waals surface area contributed by atoms with E-state index in [1.807, 2.05) is 6.07 Å². The van der Waals surface area contributed by atoms with Crippen molar-refractivity contribution in [2.45, 2.75) is 58.0 Å². The lowest BCUT2D eigenvalue weighted by Gasteiger charge is -2.46. The van der Waals surface area contributed by atoms with Crippen LogP contribution in [-0.2, 0) is 11.0 Å². The van der Waals surface area contributed by atoms with E-state index in [1.165, 1.54) is 12.1 Å². The molecule has 6 heteroatoms. The fourth-order valence-corrected chi connectivity index (χ4v) is 4.59. The lowest BCUT2D eigenvalue weighted by Crippen LogP contribution is -2.42. The highest BCUT2D eigenvalue weighted by Gasteiger charge is 2.39. The first-order valence-electron chi connectivity index (χ1n) is 9.33. The maximum absolute atomic E-state index is 13.1. The van der Waals surface area contributed by atoms with Gasteiger partial charge in [0.15, 0.2) is 0 Å². The third kappa shape index (κ3) is 4.33. The van der Waals surface area contributed by atoms with Crippen molar-refractivity contribution in [1.29, 1.82) is 0 Å². The molecule has 1 saturated heterocycles. The highest BCUT2D eigenvalue weighted by molar-refractivity contribution is 5.67. The number of alkyl halides is 3. The van der Waals surface area contributed by atoms with E-state index < -0.39 is 17.7 Å². The minimum Gasteiger partial charge on any atom is -0.481 e.